The lowest BCUT2D eigenvalue weighted by atomic mass is 10.1. The van der Waals surface area contributed by atoms with Crippen LogP contribution in [0.3, 0.4) is 0 Å². The van der Waals surface area contributed by atoms with Gasteiger partial charge in [0.05, 0.1) is 11.8 Å². The Labute approximate surface area is 153 Å². The van der Waals surface area contributed by atoms with Gasteiger partial charge in [0.15, 0.2) is 5.43 Å². The van der Waals surface area contributed by atoms with E-state index in [9.17, 15) is 14.4 Å². The molecule has 0 N–H and O–H groups in total. The van der Waals surface area contributed by atoms with E-state index in [4.69, 9.17) is 9.47 Å². The van der Waals surface area contributed by atoms with Crippen LogP contribution in [0.4, 0.5) is 0 Å². The zero-order chi connectivity index (χ0) is 18.5. The molecule has 132 valence electrons. The fraction of sp³-hybridized carbons (Fsp3) is 0.150. The average molecular weight is 368 g/mol. The van der Waals surface area contributed by atoms with Gasteiger partial charge in [-0.1, -0.05) is 24.3 Å². The second-order valence-electron chi connectivity index (χ2n) is 5.45. The Balaban J connectivity index is 1.84. The highest BCUT2D eigenvalue weighted by Gasteiger charge is 2.14. The van der Waals surface area contributed by atoms with Crippen LogP contribution >= 0.6 is 11.3 Å². The van der Waals surface area contributed by atoms with Crippen LogP contribution in [0.15, 0.2) is 59.4 Å². The minimum atomic E-state index is -0.566. The van der Waals surface area contributed by atoms with E-state index in [1.807, 2.05) is 18.2 Å². The summed E-state index contributed by atoms with van der Waals surface area (Å²) in [7, 11) is 0. The van der Waals surface area contributed by atoms with Gasteiger partial charge >= 0.3 is 11.9 Å². The zero-order valence-corrected chi connectivity index (χ0v) is 14.9. The van der Waals surface area contributed by atoms with Crippen LogP contribution in [0.1, 0.15) is 13.3 Å². The van der Waals surface area contributed by atoms with E-state index in [1.165, 1.54) is 17.4 Å². The van der Waals surface area contributed by atoms with Crippen molar-refractivity contribution in [3.05, 3.63) is 64.8 Å². The smallest absolute Gasteiger partial charge is 0.330 e. The second kappa shape index (κ2) is 7.93. The van der Waals surface area contributed by atoms with Gasteiger partial charge < -0.3 is 9.47 Å². The summed E-state index contributed by atoms with van der Waals surface area (Å²) in [6.45, 7) is 1.61. The first kappa shape index (κ1) is 17.8. The van der Waals surface area contributed by atoms with Crippen molar-refractivity contribution in [1.82, 2.24) is 0 Å². The predicted molar refractivity (Wildman–Crippen MR) is 102 cm³/mol. The van der Waals surface area contributed by atoms with Gasteiger partial charge in [0.25, 0.3) is 0 Å². The number of ether oxygens (including phenoxy) is 2. The molecule has 0 spiro atoms. The Morgan fingerprint density at radius 2 is 1.85 bits per heavy atom. The third-order valence-corrected chi connectivity index (χ3v) is 4.78. The number of esters is 2. The first-order valence-electron chi connectivity index (χ1n) is 8.05. The molecule has 0 bridgehead atoms. The lowest BCUT2D eigenvalue weighted by molar-refractivity contribution is -0.141. The van der Waals surface area contributed by atoms with Crippen LogP contribution in [0.25, 0.3) is 20.2 Å². The lowest BCUT2D eigenvalue weighted by Gasteiger charge is -2.08. The summed E-state index contributed by atoms with van der Waals surface area (Å²) < 4.78 is 11.9. The fourth-order valence-corrected chi connectivity index (χ4v) is 3.59. The summed E-state index contributed by atoms with van der Waals surface area (Å²) in [5.41, 5.74) is -0.169. The first-order chi connectivity index (χ1) is 12.6. The number of hydrogen-bond acceptors (Lipinski definition) is 6. The highest BCUT2D eigenvalue weighted by atomic mass is 32.1. The standard InChI is InChI=1S/C20H16O5S/c1-2-6-17(21)24-12-11-18(22)25-14-8-5-10-16-19(14)20(23)13-7-3-4-9-15(13)26-16/h2-10H,11-12H2,1H3. The maximum atomic E-state index is 12.8. The van der Waals surface area contributed by atoms with Crippen LogP contribution < -0.4 is 10.2 Å². The quantitative estimate of drug-likeness (QED) is 0.296. The van der Waals surface area contributed by atoms with Gasteiger partial charge in [0.1, 0.15) is 12.4 Å². The van der Waals surface area contributed by atoms with E-state index >= 15 is 0 Å². The summed E-state index contributed by atoms with van der Waals surface area (Å²) in [5.74, 6) is -0.858. The number of hydrogen-bond donors (Lipinski definition) is 0. The fourth-order valence-electron chi connectivity index (χ4n) is 2.49. The Morgan fingerprint density at radius 3 is 2.65 bits per heavy atom. The maximum absolute atomic E-state index is 12.8. The van der Waals surface area contributed by atoms with E-state index in [0.717, 1.165) is 9.40 Å². The highest BCUT2D eigenvalue weighted by molar-refractivity contribution is 7.24. The molecule has 0 saturated carbocycles. The minimum absolute atomic E-state index is 0.0808. The molecule has 0 amide bonds. The highest BCUT2D eigenvalue weighted by Crippen LogP contribution is 2.30. The molecule has 5 nitrogen and oxygen atoms in total. The van der Waals surface area contributed by atoms with E-state index in [-0.39, 0.29) is 24.2 Å². The second-order valence-corrected chi connectivity index (χ2v) is 6.53. The molecule has 0 aliphatic rings. The summed E-state index contributed by atoms with van der Waals surface area (Å²) in [6.07, 6.45) is 2.73. The monoisotopic (exact) mass is 368 g/mol. The summed E-state index contributed by atoms with van der Waals surface area (Å²) in [6, 6.07) is 12.5. The van der Waals surface area contributed by atoms with E-state index in [0.29, 0.717) is 10.8 Å². The van der Waals surface area contributed by atoms with Crippen molar-refractivity contribution >= 4 is 43.4 Å². The Morgan fingerprint density at radius 1 is 1.08 bits per heavy atom. The average Bonchev–Trinajstić information content (AvgIpc) is 2.62. The van der Waals surface area contributed by atoms with Crippen molar-refractivity contribution in [2.75, 3.05) is 6.61 Å². The molecular weight excluding hydrogens is 352 g/mol. The third kappa shape index (κ3) is 3.81. The van der Waals surface area contributed by atoms with Crippen molar-refractivity contribution in [3.63, 3.8) is 0 Å². The molecule has 0 fully saturated rings. The largest absolute Gasteiger partial charge is 0.462 e. The molecule has 0 atom stereocenters. The lowest BCUT2D eigenvalue weighted by Crippen LogP contribution is -2.14. The van der Waals surface area contributed by atoms with E-state index < -0.39 is 11.9 Å². The van der Waals surface area contributed by atoms with E-state index in [2.05, 4.69) is 0 Å². The number of rotatable bonds is 5. The first-order valence-corrected chi connectivity index (χ1v) is 8.86. The van der Waals surface area contributed by atoms with Crippen LogP contribution in [0.2, 0.25) is 0 Å². The SMILES string of the molecule is CC=CC(=O)OCCC(=O)Oc1cccc2sc3ccccc3c(=O)c12. The molecule has 0 aliphatic carbocycles. The third-order valence-electron chi connectivity index (χ3n) is 3.64. The van der Waals surface area contributed by atoms with Crippen LogP contribution in [0, 0.1) is 0 Å². The van der Waals surface area contributed by atoms with Crippen LogP contribution in [-0.4, -0.2) is 18.5 Å². The molecule has 0 unspecified atom stereocenters. The van der Waals surface area contributed by atoms with Crippen molar-refractivity contribution in [2.24, 2.45) is 0 Å². The zero-order valence-electron chi connectivity index (χ0n) is 14.1. The van der Waals surface area contributed by atoms with Gasteiger partial charge in [-0.25, -0.2) is 4.79 Å². The Kier molecular flexibility index (Phi) is 5.43. The van der Waals surface area contributed by atoms with Crippen molar-refractivity contribution in [2.45, 2.75) is 13.3 Å². The molecule has 3 aromatic rings. The van der Waals surface area contributed by atoms with Gasteiger partial charge in [-0.15, -0.1) is 11.3 Å². The van der Waals surface area contributed by atoms with Gasteiger partial charge in [0.2, 0.25) is 0 Å². The normalized spacial score (nSPS) is 11.1. The molecule has 3 rings (SSSR count). The molecular formula is C20H16O5S. The molecule has 1 heterocycles. The molecule has 2 aromatic carbocycles. The van der Waals surface area contributed by atoms with Crippen LogP contribution in [-0.2, 0) is 14.3 Å². The molecule has 0 saturated heterocycles. The van der Waals surface area contributed by atoms with Crippen LogP contribution in [0.5, 0.6) is 5.75 Å². The van der Waals surface area contributed by atoms with Crippen molar-refractivity contribution in [1.29, 1.82) is 0 Å². The molecule has 0 aliphatic heterocycles. The number of benzene rings is 2. The van der Waals surface area contributed by atoms with Gasteiger partial charge in [0, 0.05) is 20.9 Å². The molecule has 26 heavy (non-hydrogen) atoms. The van der Waals surface area contributed by atoms with Gasteiger partial charge in [-0.3, -0.25) is 9.59 Å². The minimum Gasteiger partial charge on any atom is -0.462 e. The van der Waals surface area contributed by atoms with Gasteiger partial charge in [-0.2, -0.15) is 0 Å². The predicted octanol–water partition coefficient (Wildman–Crippen LogP) is 3.83. The Hall–Kier alpha value is -2.99. The molecule has 6 heteroatoms. The maximum Gasteiger partial charge on any atom is 0.330 e. The summed E-state index contributed by atoms with van der Waals surface area (Å²) >= 11 is 1.47. The van der Waals surface area contributed by atoms with Crippen molar-refractivity contribution < 1.29 is 19.1 Å². The number of carbonyl (C=O) groups excluding carboxylic acids is 2. The number of allylic oxidation sites excluding steroid dienone is 1. The summed E-state index contributed by atoms with van der Waals surface area (Å²) in [5, 5.41) is 0.976. The number of carbonyl (C=O) groups is 2. The topological polar surface area (TPSA) is 69.7 Å². The van der Waals surface area contributed by atoms with E-state index in [1.54, 1.807) is 37.3 Å². The summed E-state index contributed by atoms with van der Waals surface area (Å²) in [4.78, 5) is 36.1. The van der Waals surface area contributed by atoms with Crippen molar-refractivity contribution in [3.8, 4) is 5.75 Å². The van der Waals surface area contributed by atoms with Gasteiger partial charge in [-0.05, 0) is 31.2 Å². The molecule has 1 aromatic heterocycles. The number of fused-ring (bicyclic) bond motifs is 2. The molecule has 0 radical (unpaired) electrons. The Bertz CT molecular complexity index is 1060.